The molecule has 1 fully saturated rings. The fraction of sp³-hybridized carbons (Fsp3) is 0.192. The van der Waals surface area contributed by atoms with Crippen LogP contribution < -0.4 is 10.2 Å². The lowest BCUT2D eigenvalue weighted by Crippen LogP contribution is -2.50. The number of phenolic OH excluding ortho intramolecular Hbond substituents is 1. The highest BCUT2D eigenvalue weighted by Gasteiger charge is 2.24. The Balaban J connectivity index is 1.62. The minimum Gasteiger partial charge on any atom is -0.507 e. The van der Waals surface area contributed by atoms with Crippen LogP contribution in [0, 0.1) is 0 Å². The van der Waals surface area contributed by atoms with Crippen LogP contribution in [0.15, 0.2) is 66.7 Å². The minimum absolute atomic E-state index is 0.00310. The highest BCUT2D eigenvalue weighted by atomic mass is 16.4. The molecular weight excluding hydrogens is 434 g/mol. The number of aromatic hydroxyl groups is 1. The number of aromatic carboxylic acids is 1. The summed E-state index contributed by atoms with van der Waals surface area (Å²) in [7, 11) is 0. The smallest absolute Gasteiger partial charge is 0.337 e. The van der Waals surface area contributed by atoms with Gasteiger partial charge in [-0.1, -0.05) is 36.4 Å². The first kappa shape index (κ1) is 22.8. The first-order chi connectivity index (χ1) is 16.4. The van der Waals surface area contributed by atoms with Gasteiger partial charge in [-0.15, -0.1) is 0 Å². The van der Waals surface area contributed by atoms with Gasteiger partial charge in [-0.05, 0) is 48.4 Å². The Bertz CT molecular complexity index is 1240. The van der Waals surface area contributed by atoms with E-state index in [0.29, 0.717) is 25.3 Å². The lowest BCUT2D eigenvalue weighted by Gasteiger charge is -2.35. The summed E-state index contributed by atoms with van der Waals surface area (Å²) in [6, 6.07) is 18.7. The molecule has 0 spiro atoms. The summed E-state index contributed by atoms with van der Waals surface area (Å²) < 4.78 is 0. The Morgan fingerprint density at radius 3 is 2.38 bits per heavy atom. The zero-order valence-corrected chi connectivity index (χ0v) is 18.7. The molecule has 2 amide bonds. The maximum atomic E-state index is 13.1. The normalized spacial score (nSPS) is 13.6. The van der Waals surface area contributed by atoms with Gasteiger partial charge in [-0.3, -0.25) is 9.59 Å². The number of rotatable bonds is 6. The summed E-state index contributed by atoms with van der Waals surface area (Å²) in [5.41, 5.74) is 2.29. The number of phenols is 1. The Hall–Kier alpha value is -4.33. The SMILES string of the molecule is CCN1CCN(c2ccc(O)c(C(=O)Nc3cc(-c4ccccc4)ccc3C(=O)O)c2)CC1=O. The monoisotopic (exact) mass is 459 g/mol. The summed E-state index contributed by atoms with van der Waals surface area (Å²) >= 11 is 0. The molecule has 0 saturated carbocycles. The van der Waals surface area contributed by atoms with E-state index < -0.39 is 11.9 Å². The lowest BCUT2D eigenvalue weighted by atomic mass is 10.0. The number of likely N-dealkylation sites (N-methyl/N-ethyl adjacent to an activating group) is 1. The molecule has 3 N–H and O–H groups in total. The minimum atomic E-state index is -1.18. The van der Waals surface area contributed by atoms with Crippen molar-refractivity contribution in [2.75, 3.05) is 36.4 Å². The highest BCUT2D eigenvalue weighted by Crippen LogP contribution is 2.29. The highest BCUT2D eigenvalue weighted by molar-refractivity contribution is 6.10. The van der Waals surface area contributed by atoms with E-state index in [1.807, 2.05) is 42.2 Å². The van der Waals surface area contributed by atoms with E-state index in [1.54, 1.807) is 23.1 Å². The van der Waals surface area contributed by atoms with Crippen molar-refractivity contribution in [2.45, 2.75) is 6.92 Å². The third kappa shape index (κ3) is 4.71. The van der Waals surface area contributed by atoms with Crippen molar-refractivity contribution in [3.63, 3.8) is 0 Å². The lowest BCUT2D eigenvalue weighted by molar-refractivity contribution is -0.130. The molecular formula is C26H25N3O5. The summed E-state index contributed by atoms with van der Waals surface area (Å²) in [5, 5.41) is 22.6. The molecule has 0 radical (unpaired) electrons. The standard InChI is InChI=1S/C26H25N3O5/c1-2-28-12-13-29(16-24(28)31)19-9-11-23(30)21(15-19)25(32)27-22-14-18(8-10-20(22)26(33)34)17-6-4-3-5-7-17/h3-11,14-15,30H,2,12-13,16H2,1H3,(H,27,32)(H,33,34). The summed E-state index contributed by atoms with van der Waals surface area (Å²) in [6.45, 7) is 3.93. The Kier molecular flexibility index (Phi) is 6.49. The largest absolute Gasteiger partial charge is 0.507 e. The van der Waals surface area contributed by atoms with Gasteiger partial charge in [-0.2, -0.15) is 0 Å². The van der Waals surface area contributed by atoms with E-state index in [-0.39, 0.29) is 35.0 Å². The number of piperazine rings is 1. The predicted molar refractivity (Wildman–Crippen MR) is 129 cm³/mol. The molecule has 4 rings (SSSR count). The molecule has 174 valence electrons. The number of hydrogen-bond donors (Lipinski definition) is 3. The van der Waals surface area contributed by atoms with Crippen LogP contribution in [0.1, 0.15) is 27.6 Å². The maximum absolute atomic E-state index is 13.1. The first-order valence-electron chi connectivity index (χ1n) is 11.0. The van der Waals surface area contributed by atoms with Crippen LogP contribution in [0.4, 0.5) is 11.4 Å². The van der Waals surface area contributed by atoms with Crippen LogP contribution >= 0.6 is 0 Å². The molecule has 0 aromatic heterocycles. The molecule has 8 heteroatoms. The van der Waals surface area contributed by atoms with Gasteiger partial charge in [0.2, 0.25) is 5.91 Å². The average molecular weight is 460 g/mol. The number of carbonyl (C=O) groups excluding carboxylic acids is 2. The van der Waals surface area contributed by atoms with Gasteiger partial charge in [0.15, 0.2) is 0 Å². The van der Waals surface area contributed by atoms with Gasteiger partial charge < -0.3 is 25.3 Å². The van der Waals surface area contributed by atoms with E-state index in [2.05, 4.69) is 5.32 Å². The van der Waals surface area contributed by atoms with Gasteiger partial charge in [0.25, 0.3) is 5.91 Å². The van der Waals surface area contributed by atoms with E-state index in [4.69, 9.17) is 0 Å². The van der Waals surface area contributed by atoms with Gasteiger partial charge in [-0.25, -0.2) is 4.79 Å². The number of carboxylic acids is 1. The number of carbonyl (C=O) groups is 3. The van der Waals surface area contributed by atoms with Gasteiger partial charge in [0.1, 0.15) is 5.75 Å². The molecule has 8 nitrogen and oxygen atoms in total. The van der Waals surface area contributed by atoms with E-state index in [0.717, 1.165) is 11.1 Å². The Labute approximate surface area is 197 Å². The van der Waals surface area contributed by atoms with Crippen LogP contribution in [0.3, 0.4) is 0 Å². The van der Waals surface area contributed by atoms with E-state index >= 15 is 0 Å². The fourth-order valence-electron chi connectivity index (χ4n) is 4.00. The molecule has 1 aliphatic heterocycles. The summed E-state index contributed by atoms with van der Waals surface area (Å²) in [4.78, 5) is 40.7. The third-order valence-electron chi connectivity index (χ3n) is 5.90. The fourth-order valence-corrected chi connectivity index (χ4v) is 4.00. The second-order valence-electron chi connectivity index (χ2n) is 7.98. The Morgan fingerprint density at radius 1 is 0.941 bits per heavy atom. The Morgan fingerprint density at radius 2 is 1.71 bits per heavy atom. The zero-order valence-electron chi connectivity index (χ0n) is 18.7. The predicted octanol–water partition coefficient (Wildman–Crippen LogP) is 3.68. The molecule has 0 atom stereocenters. The molecule has 1 heterocycles. The van der Waals surface area contributed by atoms with Gasteiger partial charge >= 0.3 is 5.97 Å². The molecule has 0 unspecified atom stereocenters. The van der Waals surface area contributed by atoms with Crippen LogP contribution in [-0.4, -0.2) is 59.1 Å². The second kappa shape index (κ2) is 9.66. The average Bonchev–Trinajstić information content (AvgIpc) is 2.84. The quantitative estimate of drug-likeness (QED) is 0.519. The first-order valence-corrected chi connectivity index (χ1v) is 11.0. The van der Waals surface area contributed by atoms with Crippen molar-refractivity contribution in [1.29, 1.82) is 0 Å². The third-order valence-corrected chi connectivity index (χ3v) is 5.90. The summed E-state index contributed by atoms with van der Waals surface area (Å²) in [5.74, 6) is -2.07. The number of carboxylic acid groups (broad SMARTS) is 1. The van der Waals surface area contributed by atoms with Gasteiger partial charge in [0.05, 0.1) is 23.4 Å². The molecule has 1 aliphatic rings. The maximum Gasteiger partial charge on any atom is 0.337 e. The molecule has 3 aromatic rings. The van der Waals surface area contributed by atoms with Crippen molar-refractivity contribution >= 4 is 29.2 Å². The number of benzene rings is 3. The van der Waals surface area contributed by atoms with Crippen molar-refractivity contribution in [3.8, 4) is 16.9 Å². The molecule has 3 aromatic carbocycles. The number of hydrogen-bond acceptors (Lipinski definition) is 5. The summed E-state index contributed by atoms with van der Waals surface area (Å²) in [6.07, 6.45) is 0. The number of nitrogens with zero attached hydrogens (tertiary/aromatic N) is 2. The van der Waals surface area contributed by atoms with Crippen molar-refractivity contribution in [2.24, 2.45) is 0 Å². The second-order valence-corrected chi connectivity index (χ2v) is 7.98. The van der Waals surface area contributed by atoms with Crippen molar-refractivity contribution < 1.29 is 24.6 Å². The van der Waals surface area contributed by atoms with E-state index in [1.165, 1.54) is 18.2 Å². The number of nitrogens with one attached hydrogen (secondary N) is 1. The van der Waals surface area contributed by atoms with Crippen LogP contribution in [0.2, 0.25) is 0 Å². The van der Waals surface area contributed by atoms with Crippen LogP contribution in [-0.2, 0) is 4.79 Å². The van der Waals surface area contributed by atoms with Crippen molar-refractivity contribution in [1.82, 2.24) is 4.90 Å². The van der Waals surface area contributed by atoms with E-state index in [9.17, 15) is 24.6 Å². The molecule has 0 bridgehead atoms. The molecule has 1 saturated heterocycles. The van der Waals surface area contributed by atoms with Gasteiger partial charge in [0, 0.05) is 25.3 Å². The molecule has 0 aliphatic carbocycles. The molecule has 34 heavy (non-hydrogen) atoms. The number of amides is 2. The van der Waals surface area contributed by atoms with Crippen LogP contribution in [0.5, 0.6) is 5.75 Å². The topological polar surface area (TPSA) is 110 Å². The zero-order chi connectivity index (χ0) is 24.2. The van der Waals surface area contributed by atoms with Crippen LogP contribution in [0.25, 0.3) is 11.1 Å². The number of anilines is 2. The van der Waals surface area contributed by atoms with Crippen molar-refractivity contribution in [3.05, 3.63) is 77.9 Å².